The molecule has 0 bridgehead atoms. The lowest BCUT2D eigenvalue weighted by Crippen LogP contribution is -2.39. The lowest BCUT2D eigenvalue weighted by Gasteiger charge is -2.30. The molecule has 1 aliphatic heterocycles. The van der Waals surface area contributed by atoms with E-state index in [1.165, 1.54) is 4.90 Å². The minimum atomic E-state index is -0.359. The standard InChI is InChI=1S/C23H27N5O3/c1-17-13-18(2)15-20(14-17)28(10-3-7-24)21(29)16-31-22(30)19-5-11-27(12-6-19)23-25-8-4-9-26-23/h4,8-9,13-15,19H,3,5-6,10-12,16H2,1-2H3. The third-order valence-electron chi connectivity index (χ3n) is 5.27. The smallest absolute Gasteiger partial charge is 0.309 e. The Morgan fingerprint density at radius 2 is 1.81 bits per heavy atom. The zero-order chi connectivity index (χ0) is 22.2. The molecule has 0 N–H and O–H groups in total. The van der Waals surface area contributed by atoms with Crippen molar-refractivity contribution >= 4 is 23.5 Å². The van der Waals surface area contributed by atoms with E-state index in [0.29, 0.717) is 37.6 Å². The van der Waals surface area contributed by atoms with Crippen LogP contribution in [0, 0.1) is 31.1 Å². The number of anilines is 2. The fourth-order valence-electron chi connectivity index (χ4n) is 3.76. The molecule has 1 aromatic heterocycles. The van der Waals surface area contributed by atoms with E-state index in [0.717, 1.165) is 11.1 Å². The summed E-state index contributed by atoms with van der Waals surface area (Å²) in [5.41, 5.74) is 2.76. The van der Waals surface area contributed by atoms with Crippen molar-refractivity contribution in [2.24, 2.45) is 5.92 Å². The Morgan fingerprint density at radius 3 is 2.42 bits per heavy atom. The molecule has 3 rings (SSSR count). The van der Waals surface area contributed by atoms with Gasteiger partial charge in [0.25, 0.3) is 5.91 Å². The van der Waals surface area contributed by atoms with Crippen molar-refractivity contribution in [3.63, 3.8) is 0 Å². The number of esters is 1. The molecule has 8 heteroatoms. The SMILES string of the molecule is Cc1cc(C)cc(N(CCC#N)C(=O)COC(=O)C2CCN(c3ncccn3)CC2)c1. The molecule has 2 aromatic rings. The number of carbonyl (C=O) groups excluding carboxylic acids is 2. The monoisotopic (exact) mass is 421 g/mol. The second kappa shape index (κ2) is 10.5. The molecule has 0 spiro atoms. The number of aryl methyl sites for hydroxylation is 2. The van der Waals surface area contributed by atoms with E-state index >= 15 is 0 Å². The number of nitriles is 1. The molecule has 0 aliphatic carbocycles. The maximum Gasteiger partial charge on any atom is 0.309 e. The average Bonchev–Trinajstić information content (AvgIpc) is 2.78. The van der Waals surface area contributed by atoms with E-state index in [9.17, 15) is 9.59 Å². The number of aromatic nitrogens is 2. The Hall–Kier alpha value is -3.47. The molecule has 1 aliphatic rings. The summed E-state index contributed by atoms with van der Waals surface area (Å²) in [6.07, 6.45) is 4.85. The fourth-order valence-corrected chi connectivity index (χ4v) is 3.76. The van der Waals surface area contributed by atoms with Gasteiger partial charge in [0.1, 0.15) is 0 Å². The topological polar surface area (TPSA) is 99.4 Å². The molecule has 31 heavy (non-hydrogen) atoms. The summed E-state index contributed by atoms with van der Waals surface area (Å²) in [6, 6.07) is 9.64. The van der Waals surface area contributed by atoms with E-state index in [-0.39, 0.29) is 37.4 Å². The molecular weight excluding hydrogens is 394 g/mol. The van der Waals surface area contributed by atoms with Gasteiger partial charge in [0, 0.05) is 37.7 Å². The number of hydrogen-bond acceptors (Lipinski definition) is 7. The number of hydrogen-bond donors (Lipinski definition) is 0. The Morgan fingerprint density at radius 1 is 1.16 bits per heavy atom. The number of amides is 1. The van der Waals surface area contributed by atoms with E-state index in [2.05, 4.69) is 16.0 Å². The quantitative estimate of drug-likeness (QED) is 0.634. The van der Waals surface area contributed by atoms with Crippen LogP contribution >= 0.6 is 0 Å². The van der Waals surface area contributed by atoms with Gasteiger partial charge >= 0.3 is 5.97 Å². The number of benzene rings is 1. The van der Waals surface area contributed by atoms with Crippen LogP contribution in [0.2, 0.25) is 0 Å². The zero-order valence-electron chi connectivity index (χ0n) is 18.0. The predicted octanol–water partition coefficient (Wildman–Crippen LogP) is 2.80. The van der Waals surface area contributed by atoms with Crippen LogP contribution < -0.4 is 9.80 Å². The Kier molecular flexibility index (Phi) is 7.55. The van der Waals surface area contributed by atoms with E-state index in [1.54, 1.807) is 18.5 Å². The molecule has 1 aromatic carbocycles. The number of rotatable bonds is 7. The summed E-state index contributed by atoms with van der Waals surface area (Å²) >= 11 is 0. The van der Waals surface area contributed by atoms with Crippen LogP contribution in [-0.4, -0.2) is 48.1 Å². The van der Waals surface area contributed by atoms with Crippen molar-refractivity contribution in [1.82, 2.24) is 9.97 Å². The molecule has 0 atom stereocenters. The molecular formula is C23H27N5O3. The largest absolute Gasteiger partial charge is 0.455 e. The first-order valence-corrected chi connectivity index (χ1v) is 10.4. The van der Waals surface area contributed by atoms with Crippen molar-refractivity contribution in [1.29, 1.82) is 5.26 Å². The van der Waals surface area contributed by atoms with Gasteiger partial charge in [0.05, 0.1) is 18.4 Å². The Bertz CT molecular complexity index is 929. The summed E-state index contributed by atoms with van der Waals surface area (Å²) in [7, 11) is 0. The summed E-state index contributed by atoms with van der Waals surface area (Å²) in [6.45, 7) is 5.15. The Balaban J connectivity index is 1.55. The number of nitrogens with zero attached hydrogens (tertiary/aromatic N) is 5. The molecule has 8 nitrogen and oxygen atoms in total. The van der Waals surface area contributed by atoms with Crippen LogP contribution in [0.5, 0.6) is 0 Å². The van der Waals surface area contributed by atoms with Gasteiger partial charge in [-0.2, -0.15) is 5.26 Å². The van der Waals surface area contributed by atoms with Crippen molar-refractivity contribution in [2.45, 2.75) is 33.1 Å². The van der Waals surface area contributed by atoms with E-state index < -0.39 is 0 Å². The first-order chi connectivity index (χ1) is 15.0. The molecule has 0 saturated carbocycles. The second-order valence-electron chi connectivity index (χ2n) is 7.72. The second-order valence-corrected chi connectivity index (χ2v) is 7.72. The van der Waals surface area contributed by atoms with Crippen molar-refractivity contribution < 1.29 is 14.3 Å². The van der Waals surface area contributed by atoms with Gasteiger partial charge in [-0.1, -0.05) is 6.07 Å². The maximum atomic E-state index is 12.8. The van der Waals surface area contributed by atoms with Gasteiger partial charge in [-0.15, -0.1) is 0 Å². The average molecular weight is 422 g/mol. The van der Waals surface area contributed by atoms with Crippen molar-refractivity contribution in [3.05, 3.63) is 47.8 Å². The van der Waals surface area contributed by atoms with Crippen LogP contribution in [0.15, 0.2) is 36.7 Å². The predicted molar refractivity (Wildman–Crippen MR) is 116 cm³/mol. The highest BCUT2D eigenvalue weighted by molar-refractivity contribution is 5.95. The number of ether oxygens (including phenoxy) is 1. The summed E-state index contributed by atoms with van der Waals surface area (Å²) in [4.78, 5) is 37.4. The van der Waals surface area contributed by atoms with Crippen molar-refractivity contribution in [2.75, 3.05) is 36.0 Å². The van der Waals surface area contributed by atoms with Gasteiger partial charge in [-0.05, 0) is 56.0 Å². The van der Waals surface area contributed by atoms with Gasteiger partial charge in [-0.25, -0.2) is 9.97 Å². The third-order valence-corrected chi connectivity index (χ3v) is 5.27. The normalized spacial score (nSPS) is 14.0. The van der Waals surface area contributed by atoms with Gasteiger partial charge < -0.3 is 14.5 Å². The zero-order valence-corrected chi connectivity index (χ0v) is 18.0. The number of piperidine rings is 1. The molecule has 2 heterocycles. The highest BCUT2D eigenvalue weighted by Gasteiger charge is 2.28. The molecule has 0 unspecified atom stereocenters. The Labute approximate surface area is 182 Å². The molecule has 0 radical (unpaired) electrons. The van der Waals surface area contributed by atoms with Gasteiger partial charge in [-0.3, -0.25) is 9.59 Å². The van der Waals surface area contributed by atoms with E-state index in [1.807, 2.05) is 36.9 Å². The highest BCUT2D eigenvalue weighted by atomic mass is 16.5. The van der Waals surface area contributed by atoms with Crippen LogP contribution in [0.3, 0.4) is 0 Å². The summed E-state index contributed by atoms with van der Waals surface area (Å²) < 4.78 is 5.36. The minimum absolute atomic E-state index is 0.201. The molecule has 1 saturated heterocycles. The molecule has 1 amide bonds. The lowest BCUT2D eigenvalue weighted by atomic mass is 9.97. The molecule has 162 valence electrons. The maximum absolute atomic E-state index is 12.8. The van der Waals surface area contributed by atoms with Gasteiger partial charge in [0.15, 0.2) is 6.61 Å². The van der Waals surface area contributed by atoms with Gasteiger partial charge in [0.2, 0.25) is 5.95 Å². The first kappa shape index (κ1) is 22.2. The van der Waals surface area contributed by atoms with Crippen LogP contribution in [-0.2, 0) is 14.3 Å². The summed E-state index contributed by atoms with van der Waals surface area (Å²) in [5.74, 6) is -0.279. The van der Waals surface area contributed by atoms with Crippen LogP contribution in [0.25, 0.3) is 0 Å². The van der Waals surface area contributed by atoms with Crippen LogP contribution in [0.4, 0.5) is 11.6 Å². The summed E-state index contributed by atoms with van der Waals surface area (Å²) in [5, 5.41) is 8.96. The van der Waals surface area contributed by atoms with Crippen molar-refractivity contribution in [3.8, 4) is 6.07 Å². The van der Waals surface area contributed by atoms with E-state index in [4.69, 9.17) is 10.00 Å². The van der Waals surface area contributed by atoms with Crippen LogP contribution in [0.1, 0.15) is 30.4 Å². The fraction of sp³-hybridized carbons (Fsp3) is 0.435. The number of carbonyl (C=O) groups is 2. The minimum Gasteiger partial charge on any atom is -0.455 e. The first-order valence-electron chi connectivity index (χ1n) is 10.4. The molecule has 1 fully saturated rings. The lowest BCUT2D eigenvalue weighted by molar-refractivity contribution is -0.152. The third kappa shape index (κ3) is 6.01. The highest BCUT2D eigenvalue weighted by Crippen LogP contribution is 2.22.